The van der Waals surface area contributed by atoms with Gasteiger partial charge >= 0.3 is 12.1 Å². The molecule has 0 aromatic heterocycles. The molecule has 0 fully saturated rings. The zero-order chi connectivity index (χ0) is 31.6. The minimum atomic E-state index is -4.82. The molecule has 1 atom stereocenters. The molecule has 0 saturated carbocycles. The first-order chi connectivity index (χ1) is 20.4. The van der Waals surface area contributed by atoms with E-state index in [1.807, 2.05) is 18.2 Å². The Kier molecular flexibility index (Phi) is 11.6. The second-order valence-electron chi connectivity index (χ2n) is 9.56. The number of alkyl halides is 3. The molecule has 0 unspecified atom stereocenters. The lowest BCUT2D eigenvalue weighted by Crippen LogP contribution is -2.36. The van der Waals surface area contributed by atoms with E-state index < -0.39 is 53.4 Å². The quantitative estimate of drug-likeness (QED) is 0.105. The molecule has 4 N–H and O–H groups in total. The summed E-state index contributed by atoms with van der Waals surface area (Å²) in [6.07, 6.45) is -4.53. The number of hydrogen-bond acceptors (Lipinski definition) is 5. The molecule has 3 aromatic rings. The van der Waals surface area contributed by atoms with Crippen LogP contribution in [0.1, 0.15) is 48.1 Å². The number of allylic oxidation sites excluding steroid dienone is 1. The number of methoxy groups -OCH3 is 1. The van der Waals surface area contributed by atoms with Gasteiger partial charge in [0.15, 0.2) is 11.6 Å². The average molecular weight is 606 g/mol. The molecule has 0 radical (unpaired) electrons. The van der Waals surface area contributed by atoms with E-state index in [4.69, 9.17) is 9.84 Å². The molecule has 0 aliphatic rings. The highest BCUT2D eigenvalue weighted by atomic mass is 19.4. The van der Waals surface area contributed by atoms with Crippen molar-refractivity contribution in [3.05, 3.63) is 106 Å². The van der Waals surface area contributed by atoms with Gasteiger partial charge in [-0.3, -0.25) is 9.59 Å². The lowest BCUT2D eigenvalue weighted by atomic mass is 10.0. The van der Waals surface area contributed by atoms with Crippen molar-refractivity contribution in [1.82, 2.24) is 16.0 Å². The minimum absolute atomic E-state index is 0.00379. The number of carboxylic acids is 1. The van der Waals surface area contributed by atoms with Crippen molar-refractivity contribution in [2.45, 2.75) is 38.5 Å². The molecule has 230 valence electrons. The maximum Gasteiger partial charge on any atom is 0.416 e. The topological polar surface area (TPSA) is 99.7 Å². The Balaban J connectivity index is 1.93. The Morgan fingerprint density at radius 3 is 2.30 bits per heavy atom. The molecular weight excluding hydrogens is 573 g/mol. The predicted octanol–water partition coefficient (Wildman–Crippen LogP) is 5.82. The minimum Gasteiger partial charge on any atom is -0.494 e. The largest absolute Gasteiger partial charge is 0.494 e. The van der Waals surface area contributed by atoms with E-state index in [0.717, 1.165) is 23.8 Å². The molecule has 7 nitrogen and oxygen atoms in total. The SMILES string of the molecule is COc1cccc(/C(C(=O)NC[C@H](NCCCC(=O)O)c2ccccc2)=C(\C)NCc2c(F)cccc2C(F)(F)F)c1F. The monoisotopic (exact) mass is 605 g/mol. The zero-order valence-electron chi connectivity index (χ0n) is 23.5. The molecule has 0 bridgehead atoms. The molecular formula is C31H32F5N3O4. The average Bonchev–Trinajstić information content (AvgIpc) is 2.96. The van der Waals surface area contributed by atoms with Gasteiger partial charge in [-0.2, -0.15) is 13.2 Å². The van der Waals surface area contributed by atoms with Crippen molar-refractivity contribution in [2.75, 3.05) is 20.2 Å². The summed E-state index contributed by atoms with van der Waals surface area (Å²) in [6, 6.07) is 15.3. The van der Waals surface area contributed by atoms with Crippen molar-refractivity contribution in [2.24, 2.45) is 0 Å². The van der Waals surface area contributed by atoms with Gasteiger partial charge in [0.05, 0.1) is 18.2 Å². The van der Waals surface area contributed by atoms with Crippen molar-refractivity contribution in [3.8, 4) is 5.75 Å². The number of benzene rings is 3. The van der Waals surface area contributed by atoms with Gasteiger partial charge in [-0.1, -0.05) is 48.5 Å². The summed E-state index contributed by atoms with van der Waals surface area (Å²) < 4.78 is 75.5. The van der Waals surface area contributed by atoms with Crippen molar-refractivity contribution in [3.63, 3.8) is 0 Å². The number of amides is 1. The lowest BCUT2D eigenvalue weighted by molar-refractivity contribution is -0.138. The van der Waals surface area contributed by atoms with E-state index in [-0.39, 0.29) is 35.5 Å². The fraction of sp³-hybridized carbons (Fsp3) is 0.290. The van der Waals surface area contributed by atoms with Gasteiger partial charge < -0.3 is 25.8 Å². The second kappa shape index (κ2) is 15.1. The number of nitrogens with one attached hydrogen (secondary N) is 3. The molecule has 3 rings (SSSR count). The van der Waals surface area contributed by atoms with Crippen molar-refractivity contribution >= 4 is 17.4 Å². The van der Waals surface area contributed by atoms with E-state index in [1.165, 1.54) is 32.2 Å². The summed E-state index contributed by atoms with van der Waals surface area (Å²) in [7, 11) is 1.24. The van der Waals surface area contributed by atoms with Gasteiger partial charge in [-0.15, -0.1) is 0 Å². The smallest absolute Gasteiger partial charge is 0.416 e. The van der Waals surface area contributed by atoms with Crippen LogP contribution in [0.5, 0.6) is 5.75 Å². The number of carbonyl (C=O) groups excluding carboxylic acids is 1. The molecule has 1 amide bonds. The summed E-state index contributed by atoms with van der Waals surface area (Å²) in [5, 5.41) is 17.5. The first-order valence-corrected chi connectivity index (χ1v) is 13.3. The fourth-order valence-corrected chi connectivity index (χ4v) is 4.46. The number of halogens is 5. The Labute approximate surface area is 245 Å². The van der Waals surface area contributed by atoms with Crippen LogP contribution < -0.4 is 20.7 Å². The molecule has 3 aromatic carbocycles. The Morgan fingerprint density at radius 1 is 0.953 bits per heavy atom. The number of carboxylic acid groups (broad SMARTS) is 1. The van der Waals surface area contributed by atoms with Crippen LogP contribution in [0.25, 0.3) is 5.57 Å². The molecule has 43 heavy (non-hydrogen) atoms. The third kappa shape index (κ3) is 9.02. The van der Waals surface area contributed by atoms with Gasteiger partial charge in [-0.05, 0) is 43.7 Å². The molecule has 0 saturated heterocycles. The van der Waals surface area contributed by atoms with Crippen LogP contribution in [-0.4, -0.2) is 37.2 Å². The summed E-state index contributed by atoms with van der Waals surface area (Å²) >= 11 is 0. The second-order valence-corrected chi connectivity index (χ2v) is 9.56. The van der Waals surface area contributed by atoms with Gasteiger partial charge in [-0.25, -0.2) is 8.78 Å². The highest BCUT2D eigenvalue weighted by Crippen LogP contribution is 2.33. The normalized spacial score (nSPS) is 12.7. The number of rotatable bonds is 14. The van der Waals surface area contributed by atoms with Crippen LogP contribution in [0.4, 0.5) is 22.0 Å². The molecule has 0 aliphatic heterocycles. The molecule has 12 heteroatoms. The Bertz CT molecular complexity index is 1450. The van der Waals surface area contributed by atoms with Crippen molar-refractivity contribution in [1.29, 1.82) is 0 Å². The Hall–Kier alpha value is -4.45. The molecule has 0 spiro atoms. The first-order valence-electron chi connectivity index (χ1n) is 13.3. The van der Waals surface area contributed by atoms with Crippen LogP contribution >= 0.6 is 0 Å². The molecule has 0 heterocycles. The third-order valence-electron chi connectivity index (χ3n) is 6.64. The summed E-state index contributed by atoms with van der Waals surface area (Å²) in [4.78, 5) is 24.5. The van der Waals surface area contributed by atoms with E-state index in [9.17, 15) is 27.2 Å². The Morgan fingerprint density at radius 2 is 1.65 bits per heavy atom. The maximum absolute atomic E-state index is 15.4. The van der Waals surface area contributed by atoms with Crippen LogP contribution in [0.15, 0.2) is 72.4 Å². The number of aliphatic carboxylic acids is 1. The van der Waals surface area contributed by atoms with E-state index in [1.54, 1.807) is 12.1 Å². The zero-order valence-corrected chi connectivity index (χ0v) is 23.5. The number of hydrogen-bond donors (Lipinski definition) is 4. The first kappa shape index (κ1) is 33.1. The van der Waals surface area contributed by atoms with Crippen LogP contribution in [0.2, 0.25) is 0 Å². The standard InChI is InChI=1S/C31H32F5N3O4/c1-19(38-17-22-23(31(34,35)36)12-7-13-24(22)32)28(21-11-6-14-26(43-2)29(21)33)30(42)39-18-25(20-9-4-3-5-10-20)37-16-8-15-27(40)41/h3-7,9-14,25,37-38H,8,15-18H2,1-2H3,(H,39,42)(H,40,41)/b28-19-/t25-/m0/s1. The lowest BCUT2D eigenvalue weighted by Gasteiger charge is -2.22. The van der Waals surface area contributed by atoms with E-state index >= 15 is 4.39 Å². The maximum atomic E-state index is 15.4. The predicted molar refractivity (Wildman–Crippen MR) is 151 cm³/mol. The van der Waals surface area contributed by atoms with Crippen molar-refractivity contribution < 1.29 is 41.4 Å². The van der Waals surface area contributed by atoms with Gasteiger partial charge in [0.25, 0.3) is 5.91 Å². The van der Waals surface area contributed by atoms with Gasteiger partial charge in [0.2, 0.25) is 0 Å². The highest BCUT2D eigenvalue weighted by molar-refractivity contribution is 6.20. The highest BCUT2D eigenvalue weighted by Gasteiger charge is 2.34. The van der Waals surface area contributed by atoms with E-state index in [0.29, 0.717) is 13.0 Å². The summed E-state index contributed by atoms with van der Waals surface area (Å²) in [5.41, 5.74) is -1.45. The van der Waals surface area contributed by atoms with Crippen LogP contribution in [-0.2, 0) is 22.3 Å². The van der Waals surface area contributed by atoms with E-state index in [2.05, 4.69) is 16.0 Å². The van der Waals surface area contributed by atoms with Crippen LogP contribution in [0.3, 0.4) is 0 Å². The van der Waals surface area contributed by atoms with Gasteiger partial charge in [0.1, 0.15) is 5.82 Å². The third-order valence-corrected chi connectivity index (χ3v) is 6.64. The van der Waals surface area contributed by atoms with Gasteiger partial charge in [0, 0.05) is 42.4 Å². The number of carbonyl (C=O) groups is 2. The molecule has 0 aliphatic carbocycles. The number of ether oxygens (including phenoxy) is 1. The van der Waals surface area contributed by atoms with Crippen LogP contribution in [0, 0.1) is 11.6 Å². The fourth-order valence-electron chi connectivity index (χ4n) is 4.46. The summed E-state index contributed by atoms with van der Waals surface area (Å²) in [6.45, 7) is 1.08. The summed E-state index contributed by atoms with van der Waals surface area (Å²) in [5.74, 6) is -3.82.